The molecule has 0 spiro atoms. The predicted octanol–water partition coefficient (Wildman–Crippen LogP) is 3.28. The Labute approximate surface area is 84.5 Å². The fraction of sp³-hybridized carbons (Fsp3) is 0.273. The van der Waals surface area contributed by atoms with Gasteiger partial charge in [-0.2, -0.15) is 0 Å². The van der Waals surface area contributed by atoms with Gasteiger partial charge in [0, 0.05) is 0 Å². The molecule has 2 heteroatoms. The summed E-state index contributed by atoms with van der Waals surface area (Å²) in [5.74, 6) is 0.260. The highest BCUT2D eigenvalue weighted by atomic mass is 32.1. The Morgan fingerprint density at radius 2 is 2.15 bits per heavy atom. The third-order valence-corrected chi connectivity index (χ3v) is 2.42. The third kappa shape index (κ3) is 2.28. The van der Waals surface area contributed by atoms with Gasteiger partial charge in [-0.05, 0) is 30.5 Å². The highest BCUT2D eigenvalue weighted by molar-refractivity contribution is 7.80. The molecule has 0 bridgehead atoms. The van der Waals surface area contributed by atoms with Crippen molar-refractivity contribution in [3.63, 3.8) is 0 Å². The van der Waals surface area contributed by atoms with Gasteiger partial charge in [0.25, 0.3) is 0 Å². The number of thiol groups is 1. The maximum Gasteiger partial charge on any atom is 0.129 e. The van der Waals surface area contributed by atoms with E-state index in [9.17, 15) is 5.11 Å². The first-order valence-electron chi connectivity index (χ1n) is 4.36. The molecule has 0 heterocycles. The van der Waals surface area contributed by atoms with E-state index in [2.05, 4.69) is 19.6 Å². The van der Waals surface area contributed by atoms with Crippen molar-refractivity contribution in [3.05, 3.63) is 29.3 Å². The molecule has 0 radical (unpaired) electrons. The van der Waals surface area contributed by atoms with Crippen molar-refractivity contribution in [2.75, 3.05) is 0 Å². The quantitative estimate of drug-likeness (QED) is 0.692. The summed E-state index contributed by atoms with van der Waals surface area (Å²) >= 11 is 4.23. The number of phenols is 1. The number of hydrogen-bond donors (Lipinski definition) is 2. The first-order chi connectivity index (χ1) is 6.19. The van der Waals surface area contributed by atoms with Crippen molar-refractivity contribution in [1.82, 2.24) is 0 Å². The Bertz CT molecular complexity index is 329. The summed E-state index contributed by atoms with van der Waals surface area (Å²) in [7, 11) is 0. The van der Waals surface area contributed by atoms with Crippen LogP contribution in [0.4, 0.5) is 0 Å². The summed E-state index contributed by atoms with van der Waals surface area (Å²) in [6, 6.07) is 3.80. The van der Waals surface area contributed by atoms with Gasteiger partial charge in [-0.25, -0.2) is 0 Å². The Kier molecular flexibility index (Phi) is 3.43. The molecule has 1 aromatic carbocycles. The zero-order valence-corrected chi connectivity index (χ0v) is 8.81. The average molecular weight is 194 g/mol. The molecule has 0 unspecified atom stereocenters. The summed E-state index contributed by atoms with van der Waals surface area (Å²) in [5.41, 5.74) is 2.10. The van der Waals surface area contributed by atoms with E-state index in [0.29, 0.717) is 4.90 Å². The lowest BCUT2D eigenvalue weighted by Crippen LogP contribution is -1.84. The zero-order chi connectivity index (χ0) is 9.84. The number of phenolic OH excluding ortho intramolecular Hbond substituents is 1. The summed E-state index contributed by atoms with van der Waals surface area (Å²) in [5, 5.41) is 9.53. The Hall–Kier alpha value is -0.890. The van der Waals surface area contributed by atoms with Crippen LogP contribution in [0.25, 0.3) is 6.08 Å². The van der Waals surface area contributed by atoms with Crippen molar-refractivity contribution >= 4 is 18.7 Å². The highest BCUT2D eigenvalue weighted by Gasteiger charge is 2.03. The van der Waals surface area contributed by atoms with E-state index >= 15 is 0 Å². The number of aromatic hydroxyl groups is 1. The lowest BCUT2D eigenvalue weighted by atomic mass is 10.1. The zero-order valence-electron chi connectivity index (χ0n) is 7.91. The largest absolute Gasteiger partial charge is 0.507 e. The van der Waals surface area contributed by atoms with Crippen molar-refractivity contribution in [1.29, 1.82) is 0 Å². The number of hydrogen-bond acceptors (Lipinski definition) is 2. The van der Waals surface area contributed by atoms with Gasteiger partial charge in [-0.1, -0.05) is 25.1 Å². The number of rotatable bonds is 2. The maximum atomic E-state index is 9.53. The molecule has 0 aliphatic heterocycles. The minimum atomic E-state index is 0.260. The monoisotopic (exact) mass is 194 g/mol. The summed E-state index contributed by atoms with van der Waals surface area (Å²) in [4.78, 5) is 0.648. The van der Waals surface area contributed by atoms with Crippen LogP contribution in [0.15, 0.2) is 23.1 Å². The topological polar surface area (TPSA) is 20.2 Å². The fourth-order valence-corrected chi connectivity index (χ4v) is 1.42. The minimum Gasteiger partial charge on any atom is -0.507 e. The Morgan fingerprint density at radius 1 is 1.46 bits per heavy atom. The molecule has 0 amide bonds. The molecule has 0 aliphatic carbocycles. The standard InChI is InChI=1S/C11H14OS/c1-3-5-9-6-8(4-2)7-10(12)11(9)13/h3,5-7,12-13H,4H2,1-2H3/b5-3-. The number of allylic oxidation sites excluding steroid dienone is 1. The molecule has 0 saturated heterocycles. The van der Waals surface area contributed by atoms with Crippen LogP contribution in [0, 0.1) is 0 Å². The minimum absolute atomic E-state index is 0.260. The van der Waals surface area contributed by atoms with E-state index in [4.69, 9.17) is 0 Å². The Balaban J connectivity index is 3.24. The maximum absolute atomic E-state index is 9.53. The fourth-order valence-electron chi connectivity index (χ4n) is 1.21. The molecule has 1 rings (SSSR count). The molecular weight excluding hydrogens is 180 g/mol. The molecule has 0 saturated carbocycles. The van der Waals surface area contributed by atoms with Crippen LogP contribution in [0.1, 0.15) is 25.0 Å². The average Bonchev–Trinajstić information content (AvgIpc) is 2.13. The predicted molar refractivity (Wildman–Crippen MR) is 59.4 cm³/mol. The Morgan fingerprint density at radius 3 is 2.69 bits per heavy atom. The molecule has 70 valence electrons. The first kappa shape index (κ1) is 10.2. The van der Waals surface area contributed by atoms with Gasteiger partial charge >= 0.3 is 0 Å². The van der Waals surface area contributed by atoms with Gasteiger partial charge in [0.15, 0.2) is 0 Å². The lowest BCUT2D eigenvalue weighted by molar-refractivity contribution is 0.461. The molecule has 0 fully saturated rings. The molecule has 1 N–H and O–H groups in total. The van der Waals surface area contributed by atoms with Crippen LogP contribution in [-0.2, 0) is 6.42 Å². The van der Waals surface area contributed by atoms with Crippen molar-refractivity contribution in [2.45, 2.75) is 25.2 Å². The number of benzene rings is 1. The van der Waals surface area contributed by atoms with Crippen LogP contribution < -0.4 is 0 Å². The molecule has 0 atom stereocenters. The summed E-state index contributed by atoms with van der Waals surface area (Å²) in [6.45, 7) is 4.01. The van der Waals surface area contributed by atoms with E-state index in [1.807, 2.05) is 25.1 Å². The molecule has 1 aromatic rings. The SMILES string of the molecule is C/C=C\c1cc(CC)cc(O)c1S. The van der Waals surface area contributed by atoms with Gasteiger partial charge in [-0.15, -0.1) is 12.6 Å². The van der Waals surface area contributed by atoms with Crippen LogP contribution in [0.2, 0.25) is 0 Å². The van der Waals surface area contributed by atoms with Crippen LogP contribution in [-0.4, -0.2) is 5.11 Å². The second-order valence-electron chi connectivity index (χ2n) is 2.91. The van der Waals surface area contributed by atoms with Gasteiger partial charge in [0.05, 0.1) is 4.90 Å². The van der Waals surface area contributed by atoms with Crippen molar-refractivity contribution < 1.29 is 5.11 Å². The van der Waals surface area contributed by atoms with Crippen molar-refractivity contribution in [2.24, 2.45) is 0 Å². The third-order valence-electron chi connectivity index (χ3n) is 1.93. The molecule has 0 aliphatic rings. The van der Waals surface area contributed by atoms with Crippen LogP contribution in [0.3, 0.4) is 0 Å². The van der Waals surface area contributed by atoms with Crippen molar-refractivity contribution in [3.8, 4) is 5.75 Å². The second-order valence-corrected chi connectivity index (χ2v) is 3.35. The first-order valence-corrected chi connectivity index (χ1v) is 4.81. The molecular formula is C11H14OS. The van der Waals surface area contributed by atoms with Gasteiger partial charge in [0.2, 0.25) is 0 Å². The van der Waals surface area contributed by atoms with E-state index < -0.39 is 0 Å². The normalized spacial score (nSPS) is 11.0. The molecule has 1 nitrogen and oxygen atoms in total. The van der Waals surface area contributed by atoms with E-state index in [-0.39, 0.29) is 5.75 Å². The van der Waals surface area contributed by atoms with Gasteiger partial charge < -0.3 is 5.11 Å². The number of aryl methyl sites for hydroxylation is 1. The second kappa shape index (κ2) is 4.38. The lowest BCUT2D eigenvalue weighted by Gasteiger charge is -2.05. The molecule has 0 aromatic heterocycles. The van der Waals surface area contributed by atoms with E-state index in [1.54, 1.807) is 6.07 Å². The highest BCUT2D eigenvalue weighted by Crippen LogP contribution is 2.28. The van der Waals surface area contributed by atoms with E-state index in [1.165, 1.54) is 0 Å². The molecule has 13 heavy (non-hydrogen) atoms. The summed E-state index contributed by atoms with van der Waals surface area (Å²) < 4.78 is 0. The van der Waals surface area contributed by atoms with Crippen LogP contribution >= 0.6 is 12.6 Å². The van der Waals surface area contributed by atoms with Gasteiger partial charge in [-0.3, -0.25) is 0 Å². The van der Waals surface area contributed by atoms with E-state index in [0.717, 1.165) is 17.5 Å². The summed E-state index contributed by atoms with van der Waals surface area (Å²) in [6.07, 6.45) is 4.81. The smallest absolute Gasteiger partial charge is 0.129 e. The van der Waals surface area contributed by atoms with Crippen LogP contribution in [0.5, 0.6) is 5.75 Å². The van der Waals surface area contributed by atoms with Gasteiger partial charge in [0.1, 0.15) is 5.75 Å².